The third kappa shape index (κ3) is 6.32. The van der Waals surface area contributed by atoms with Gasteiger partial charge >= 0.3 is 6.09 Å². The molecule has 200 valence electrons. The van der Waals surface area contributed by atoms with Crippen LogP contribution in [0.4, 0.5) is 10.6 Å². The molecule has 1 aromatic carbocycles. The summed E-state index contributed by atoms with van der Waals surface area (Å²) in [7, 11) is -3.29. The van der Waals surface area contributed by atoms with E-state index < -0.39 is 32.8 Å². The number of alkyl carbamates (subject to hydrolysis) is 1. The quantitative estimate of drug-likeness (QED) is 0.604. The number of ether oxygens (including phenoxy) is 1. The van der Waals surface area contributed by atoms with E-state index in [0.29, 0.717) is 48.3 Å². The lowest BCUT2D eigenvalue weighted by Gasteiger charge is -2.38. The van der Waals surface area contributed by atoms with Crippen LogP contribution in [-0.4, -0.2) is 73.1 Å². The van der Waals surface area contributed by atoms with E-state index in [1.165, 1.54) is 6.33 Å². The summed E-state index contributed by atoms with van der Waals surface area (Å²) in [5, 5.41) is 2.66. The Kier molecular flexibility index (Phi) is 7.66. The highest BCUT2D eigenvalue weighted by atomic mass is 35.5. The van der Waals surface area contributed by atoms with Gasteiger partial charge in [0.1, 0.15) is 23.8 Å². The van der Waals surface area contributed by atoms with Crippen molar-refractivity contribution >= 4 is 39.3 Å². The number of hydrogen-bond acceptors (Lipinski definition) is 8. The minimum atomic E-state index is -3.29. The Labute approximate surface area is 222 Å². The van der Waals surface area contributed by atoms with Crippen LogP contribution in [-0.2, 0) is 31.5 Å². The summed E-state index contributed by atoms with van der Waals surface area (Å²) in [6.07, 6.45) is 1.02. The van der Waals surface area contributed by atoms with Gasteiger partial charge in [0.15, 0.2) is 9.84 Å². The van der Waals surface area contributed by atoms with Crippen molar-refractivity contribution in [1.82, 2.24) is 20.2 Å². The number of sulfone groups is 1. The number of nitrogens with zero attached hydrogens (tertiary/aromatic N) is 4. The Morgan fingerprint density at radius 3 is 2.41 bits per heavy atom. The van der Waals surface area contributed by atoms with E-state index >= 15 is 0 Å². The second-order valence-corrected chi connectivity index (χ2v) is 13.1. The predicted molar refractivity (Wildman–Crippen MR) is 140 cm³/mol. The third-order valence-electron chi connectivity index (χ3n) is 6.46. The monoisotopic (exact) mass is 549 g/mol. The van der Waals surface area contributed by atoms with Gasteiger partial charge in [0.05, 0.1) is 16.7 Å². The van der Waals surface area contributed by atoms with Gasteiger partial charge in [-0.25, -0.2) is 23.2 Å². The fourth-order valence-corrected chi connectivity index (χ4v) is 6.15. The van der Waals surface area contributed by atoms with Crippen LogP contribution in [0.1, 0.15) is 49.8 Å². The predicted octanol–water partition coefficient (Wildman–Crippen LogP) is 2.90. The molecule has 0 saturated carbocycles. The van der Waals surface area contributed by atoms with Crippen molar-refractivity contribution in [3.8, 4) is 0 Å². The summed E-state index contributed by atoms with van der Waals surface area (Å²) in [6.45, 7) is 8.69. The van der Waals surface area contributed by atoms with Crippen molar-refractivity contribution in [2.75, 3.05) is 31.1 Å². The van der Waals surface area contributed by atoms with Crippen LogP contribution in [0, 0.1) is 0 Å². The van der Waals surface area contributed by atoms with Crippen molar-refractivity contribution in [2.24, 2.45) is 0 Å². The maximum Gasteiger partial charge on any atom is 0.408 e. The van der Waals surface area contributed by atoms with Gasteiger partial charge in [0.2, 0.25) is 5.91 Å². The first-order valence-electron chi connectivity index (χ1n) is 12.2. The van der Waals surface area contributed by atoms with Gasteiger partial charge in [-0.1, -0.05) is 23.7 Å². The molecule has 0 spiro atoms. The number of nitrogens with one attached hydrogen (secondary N) is 1. The van der Waals surface area contributed by atoms with E-state index in [9.17, 15) is 18.0 Å². The Bertz CT molecular complexity index is 1270. The zero-order valence-corrected chi connectivity index (χ0v) is 23.0. The number of benzene rings is 1. The van der Waals surface area contributed by atoms with Gasteiger partial charge in [-0.3, -0.25) is 4.79 Å². The molecule has 1 saturated heterocycles. The van der Waals surface area contributed by atoms with Crippen LogP contribution >= 0.6 is 11.6 Å². The highest BCUT2D eigenvalue weighted by Crippen LogP contribution is 2.39. The maximum atomic E-state index is 13.5. The zero-order valence-electron chi connectivity index (χ0n) is 21.4. The molecule has 2 aliphatic rings. The average molecular weight is 550 g/mol. The third-order valence-corrected chi connectivity index (χ3v) is 8.70. The molecule has 10 nitrogen and oxygen atoms in total. The molecule has 0 aliphatic carbocycles. The van der Waals surface area contributed by atoms with Gasteiger partial charge in [-0.15, -0.1) is 0 Å². The lowest BCUT2D eigenvalue weighted by molar-refractivity contribution is -0.133. The molecule has 2 atom stereocenters. The zero-order chi connectivity index (χ0) is 27.0. The summed E-state index contributed by atoms with van der Waals surface area (Å²) in [5.74, 6) is 0.305. The van der Waals surface area contributed by atoms with E-state index in [1.807, 2.05) is 17.0 Å². The number of fused-ring (bicyclic) bond motifs is 1. The molecule has 1 aromatic heterocycles. The topological polar surface area (TPSA) is 122 Å². The molecule has 1 N–H and O–H groups in total. The summed E-state index contributed by atoms with van der Waals surface area (Å²) < 4.78 is 30.2. The number of carbonyl (C=O) groups is 2. The molecule has 3 heterocycles. The molecule has 0 radical (unpaired) electrons. The molecular formula is C25H32ClN5O5S. The van der Waals surface area contributed by atoms with Crippen LogP contribution in [0.25, 0.3) is 0 Å². The van der Waals surface area contributed by atoms with Crippen LogP contribution < -0.4 is 10.2 Å². The van der Waals surface area contributed by atoms with Crippen molar-refractivity contribution in [2.45, 2.75) is 56.8 Å². The second-order valence-electron chi connectivity index (χ2n) is 10.3. The molecular weight excluding hydrogens is 518 g/mol. The molecule has 12 heteroatoms. The summed E-state index contributed by atoms with van der Waals surface area (Å²) in [5.41, 5.74) is 1.34. The molecule has 1 unspecified atom stereocenters. The molecule has 37 heavy (non-hydrogen) atoms. The summed E-state index contributed by atoms with van der Waals surface area (Å²) >= 11 is 6.00. The lowest BCUT2D eigenvalue weighted by Crippen LogP contribution is -2.56. The van der Waals surface area contributed by atoms with Gasteiger partial charge in [0, 0.05) is 43.2 Å². The number of anilines is 1. The van der Waals surface area contributed by atoms with E-state index in [2.05, 4.69) is 15.3 Å². The van der Waals surface area contributed by atoms with Gasteiger partial charge in [0.25, 0.3) is 0 Å². The standard InChI is InChI=1S/C25H32ClN5O5S/c1-16-21-20(14-37(16,34)35)27-15-28-22(21)30-9-11-31(12-10-30)23(32)19(29-24(33)36-25(2,3)4)13-17-5-7-18(26)8-6-17/h5-8,15-16,19H,9-14H2,1-4H3,(H,29,33)/t16?,19-/m1/s1. The lowest BCUT2D eigenvalue weighted by atomic mass is 10.0. The number of carbonyl (C=O) groups excluding carboxylic acids is 2. The molecule has 1 fully saturated rings. The first kappa shape index (κ1) is 27.1. The Morgan fingerprint density at radius 1 is 1.14 bits per heavy atom. The molecule has 4 rings (SSSR count). The summed E-state index contributed by atoms with van der Waals surface area (Å²) in [6, 6.07) is 6.30. The Morgan fingerprint density at radius 2 is 1.78 bits per heavy atom. The van der Waals surface area contributed by atoms with E-state index in [-0.39, 0.29) is 18.1 Å². The van der Waals surface area contributed by atoms with Crippen molar-refractivity contribution in [3.05, 3.63) is 52.4 Å². The largest absolute Gasteiger partial charge is 0.444 e. The highest BCUT2D eigenvalue weighted by molar-refractivity contribution is 7.91. The smallest absolute Gasteiger partial charge is 0.408 e. The number of halogens is 1. The van der Waals surface area contributed by atoms with Crippen molar-refractivity contribution in [3.63, 3.8) is 0 Å². The number of aromatic nitrogens is 2. The van der Waals surface area contributed by atoms with Crippen molar-refractivity contribution < 1.29 is 22.7 Å². The Balaban J connectivity index is 1.47. The number of rotatable bonds is 5. The summed E-state index contributed by atoms with van der Waals surface area (Å²) in [4.78, 5) is 38.4. The second kappa shape index (κ2) is 10.4. The van der Waals surface area contributed by atoms with Crippen LogP contribution in [0.5, 0.6) is 0 Å². The minimum absolute atomic E-state index is 0.0832. The van der Waals surface area contributed by atoms with E-state index in [4.69, 9.17) is 16.3 Å². The van der Waals surface area contributed by atoms with Gasteiger partial charge in [-0.05, 0) is 45.4 Å². The maximum absolute atomic E-state index is 13.5. The Hall–Kier alpha value is -2.92. The van der Waals surface area contributed by atoms with E-state index in [0.717, 1.165) is 5.56 Å². The fraction of sp³-hybridized carbons (Fsp3) is 0.520. The molecule has 2 amide bonds. The van der Waals surface area contributed by atoms with Crippen LogP contribution in [0.15, 0.2) is 30.6 Å². The van der Waals surface area contributed by atoms with Gasteiger partial charge < -0.3 is 19.9 Å². The van der Waals surface area contributed by atoms with Crippen LogP contribution in [0.2, 0.25) is 5.02 Å². The molecule has 2 aromatic rings. The molecule has 2 aliphatic heterocycles. The minimum Gasteiger partial charge on any atom is -0.444 e. The fourth-order valence-electron chi connectivity index (χ4n) is 4.57. The number of piperazine rings is 1. The van der Waals surface area contributed by atoms with E-state index in [1.54, 1.807) is 44.7 Å². The molecule has 0 bridgehead atoms. The number of hydrogen-bond donors (Lipinski definition) is 1. The SMILES string of the molecule is CC1c2c(ncnc2N2CCN(C(=O)[C@@H](Cc3ccc(Cl)cc3)NC(=O)OC(C)(C)C)CC2)CS1(=O)=O. The average Bonchev–Trinajstić information content (AvgIpc) is 3.06. The number of amides is 2. The van der Waals surface area contributed by atoms with Gasteiger partial charge in [-0.2, -0.15) is 0 Å². The highest BCUT2D eigenvalue weighted by Gasteiger charge is 2.39. The van der Waals surface area contributed by atoms with Crippen LogP contribution in [0.3, 0.4) is 0 Å². The first-order chi connectivity index (χ1) is 17.3. The normalized spacial score (nSPS) is 19.8. The van der Waals surface area contributed by atoms with Crippen molar-refractivity contribution in [1.29, 1.82) is 0 Å². The first-order valence-corrected chi connectivity index (χ1v) is 14.3.